The highest BCUT2D eigenvalue weighted by Gasteiger charge is 2.02. The van der Waals surface area contributed by atoms with E-state index in [1.807, 2.05) is 36.4 Å². The number of hydrogen-bond donors (Lipinski definition) is 2. The molecule has 2 aromatic carbocycles. The lowest BCUT2D eigenvalue weighted by Gasteiger charge is -1.99. The van der Waals surface area contributed by atoms with Gasteiger partial charge in [-0.2, -0.15) is 0 Å². The molecule has 3 nitrogen and oxygen atoms in total. The molecule has 0 saturated carbocycles. The lowest BCUT2D eigenvalue weighted by atomic mass is 10.3. The number of nitrogens with one attached hydrogen (secondary N) is 1. The van der Waals surface area contributed by atoms with Crippen LogP contribution >= 0.6 is 11.8 Å². The number of hydrogen-bond acceptors (Lipinski definition) is 3. The van der Waals surface area contributed by atoms with Crippen LogP contribution in [0.5, 0.6) is 5.75 Å². The lowest BCUT2D eigenvalue weighted by Crippen LogP contribution is -1.82. The summed E-state index contributed by atoms with van der Waals surface area (Å²) in [5, 5.41) is 9.21. The number of phenols is 1. The first-order chi connectivity index (χ1) is 8.81. The third kappa shape index (κ3) is 2.33. The molecule has 18 heavy (non-hydrogen) atoms. The molecule has 0 saturated heterocycles. The second kappa shape index (κ2) is 4.74. The highest BCUT2D eigenvalue weighted by atomic mass is 32.2. The summed E-state index contributed by atoms with van der Waals surface area (Å²) in [6.07, 6.45) is 0. The van der Waals surface area contributed by atoms with Crippen LogP contribution < -0.4 is 0 Å². The van der Waals surface area contributed by atoms with Gasteiger partial charge in [-0.05, 0) is 36.4 Å². The minimum absolute atomic E-state index is 0.295. The predicted octanol–water partition coefficient (Wildman–Crippen LogP) is 3.56. The summed E-state index contributed by atoms with van der Waals surface area (Å²) in [5.74, 6) is 2.05. The van der Waals surface area contributed by atoms with Gasteiger partial charge in [-0.15, -0.1) is 11.8 Å². The third-order valence-electron chi connectivity index (χ3n) is 2.65. The Bertz CT molecular complexity index is 628. The van der Waals surface area contributed by atoms with Crippen LogP contribution in [0.1, 0.15) is 5.82 Å². The molecule has 0 bridgehead atoms. The Morgan fingerprint density at radius 2 is 1.83 bits per heavy atom. The molecule has 0 radical (unpaired) electrons. The number of nitrogens with zero attached hydrogens (tertiary/aromatic N) is 1. The van der Waals surface area contributed by atoms with E-state index in [0.717, 1.165) is 27.5 Å². The molecule has 4 heteroatoms. The molecule has 0 amide bonds. The summed E-state index contributed by atoms with van der Waals surface area (Å²) in [7, 11) is 0. The maximum absolute atomic E-state index is 9.21. The van der Waals surface area contributed by atoms with Gasteiger partial charge in [-0.1, -0.05) is 12.1 Å². The zero-order chi connectivity index (χ0) is 12.4. The Balaban J connectivity index is 1.74. The summed E-state index contributed by atoms with van der Waals surface area (Å²) >= 11 is 1.69. The molecule has 0 atom stereocenters. The molecular formula is C14H12N2OS. The smallest absolute Gasteiger partial charge is 0.117 e. The maximum Gasteiger partial charge on any atom is 0.117 e. The van der Waals surface area contributed by atoms with Gasteiger partial charge in [0.15, 0.2) is 0 Å². The molecule has 0 aliphatic heterocycles. The number of para-hydroxylation sites is 2. The van der Waals surface area contributed by atoms with E-state index in [-0.39, 0.29) is 0 Å². The van der Waals surface area contributed by atoms with Gasteiger partial charge in [0.25, 0.3) is 0 Å². The Morgan fingerprint density at radius 3 is 2.61 bits per heavy atom. The van der Waals surface area contributed by atoms with Crippen LogP contribution in [0.25, 0.3) is 11.0 Å². The van der Waals surface area contributed by atoms with Crippen molar-refractivity contribution in [2.45, 2.75) is 10.6 Å². The van der Waals surface area contributed by atoms with Crippen LogP contribution in [-0.2, 0) is 5.75 Å². The van der Waals surface area contributed by atoms with Gasteiger partial charge >= 0.3 is 0 Å². The molecule has 90 valence electrons. The number of benzene rings is 2. The van der Waals surface area contributed by atoms with Gasteiger partial charge < -0.3 is 10.1 Å². The fraction of sp³-hybridized carbons (Fsp3) is 0.0714. The number of phenolic OH excluding ortho intramolecular Hbond substituents is 1. The van der Waals surface area contributed by atoms with E-state index in [9.17, 15) is 5.11 Å². The van der Waals surface area contributed by atoms with Gasteiger partial charge in [0.1, 0.15) is 11.6 Å². The first-order valence-electron chi connectivity index (χ1n) is 5.67. The lowest BCUT2D eigenvalue weighted by molar-refractivity contribution is 0.475. The van der Waals surface area contributed by atoms with Gasteiger partial charge in [0, 0.05) is 4.90 Å². The fourth-order valence-electron chi connectivity index (χ4n) is 1.77. The normalized spacial score (nSPS) is 10.9. The SMILES string of the molecule is Oc1ccc(SCc2nc3ccccc3[nH]2)cc1. The monoisotopic (exact) mass is 256 g/mol. The molecule has 0 aliphatic carbocycles. The third-order valence-corrected chi connectivity index (χ3v) is 3.67. The van der Waals surface area contributed by atoms with Gasteiger partial charge in [-0.25, -0.2) is 4.98 Å². The van der Waals surface area contributed by atoms with Crippen molar-refractivity contribution in [2.75, 3.05) is 0 Å². The fourth-order valence-corrected chi connectivity index (χ4v) is 2.54. The van der Waals surface area contributed by atoms with Crippen LogP contribution in [0.4, 0.5) is 0 Å². The second-order valence-electron chi connectivity index (χ2n) is 3.98. The molecule has 2 N–H and O–H groups in total. The van der Waals surface area contributed by atoms with E-state index in [4.69, 9.17) is 0 Å². The summed E-state index contributed by atoms with van der Waals surface area (Å²) in [6, 6.07) is 15.2. The first kappa shape index (κ1) is 11.2. The molecule has 1 heterocycles. The van der Waals surface area contributed by atoms with E-state index in [2.05, 4.69) is 9.97 Å². The Morgan fingerprint density at radius 1 is 1.06 bits per heavy atom. The standard InChI is InChI=1S/C14H12N2OS/c17-10-5-7-11(8-6-10)18-9-14-15-12-3-1-2-4-13(12)16-14/h1-8,17H,9H2,(H,15,16). The van der Waals surface area contributed by atoms with Crippen LogP contribution in [0, 0.1) is 0 Å². The summed E-state index contributed by atoms with van der Waals surface area (Å²) in [6.45, 7) is 0. The zero-order valence-electron chi connectivity index (χ0n) is 9.63. The van der Waals surface area contributed by atoms with Gasteiger partial charge in [0.2, 0.25) is 0 Å². The Hall–Kier alpha value is -1.94. The quantitative estimate of drug-likeness (QED) is 0.704. The van der Waals surface area contributed by atoms with Crippen molar-refractivity contribution in [1.82, 2.24) is 9.97 Å². The number of rotatable bonds is 3. The summed E-state index contributed by atoms with van der Waals surface area (Å²) in [5.41, 5.74) is 2.07. The molecule has 1 aromatic heterocycles. The van der Waals surface area contributed by atoms with Gasteiger partial charge in [0.05, 0.1) is 16.8 Å². The minimum Gasteiger partial charge on any atom is -0.508 e. The number of aromatic hydroxyl groups is 1. The number of imidazole rings is 1. The molecule has 0 aliphatic rings. The van der Waals surface area contributed by atoms with E-state index < -0.39 is 0 Å². The van der Waals surface area contributed by atoms with E-state index >= 15 is 0 Å². The highest BCUT2D eigenvalue weighted by Crippen LogP contribution is 2.24. The van der Waals surface area contributed by atoms with E-state index in [1.54, 1.807) is 23.9 Å². The summed E-state index contributed by atoms with van der Waals surface area (Å²) < 4.78 is 0. The van der Waals surface area contributed by atoms with E-state index in [0.29, 0.717) is 5.75 Å². The van der Waals surface area contributed by atoms with Crippen LogP contribution in [0.3, 0.4) is 0 Å². The van der Waals surface area contributed by atoms with Gasteiger partial charge in [-0.3, -0.25) is 0 Å². The van der Waals surface area contributed by atoms with Crippen molar-refractivity contribution in [1.29, 1.82) is 0 Å². The largest absolute Gasteiger partial charge is 0.508 e. The second-order valence-corrected chi connectivity index (χ2v) is 5.03. The molecule has 0 fully saturated rings. The molecule has 0 unspecified atom stereocenters. The first-order valence-corrected chi connectivity index (χ1v) is 6.65. The Labute approximate surface area is 109 Å². The molecule has 0 spiro atoms. The van der Waals surface area contributed by atoms with Crippen LogP contribution in [0.15, 0.2) is 53.4 Å². The van der Waals surface area contributed by atoms with Crippen molar-refractivity contribution in [3.05, 3.63) is 54.4 Å². The average molecular weight is 256 g/mol. The predicted molar refractivity (Wildman–Crippen MR) is 73.8 cm³/mol. The summed E-state index contributed by atoms with van der Waals surface area (Å²) in [4.78, 5) is 8.93. The van der Waals surface area contributed by atoms with Crippen molar-refractivity contribution >= 4 is 22.8 Å². The number of H-pyrrole nitrogens is 1. The Kier molecular flexibility index (Phi) is 2.94. The van der Waals surface area contributed by atoms with Crippen molar-refractivity contribution in [3.8, 4) is 5.75 Å². The number of aromatic nitrogens is 2. The van der Waals surface area contributed by atoms with Crippen LogP contribution in [-0.4, -0.2) is 15.1 Å². The molecular weight excluding hydrogens is 244 g/mol. The number of fused-ring (bicyclic) bond motifs is 1. The van der Waals surface area contributed by atoms with E-state index in [1.165, 1.54) is 0 Å². The van der Waals surface area contributed by atoms with Crippen molar-refractivity contribution < 1.29 is 5.11 Å². The minimum atomic E-state index is 0.295. The van der Waals surface area contributed by atoms with Crippen molar-refractivity contribution in [2.24, 2.45) is 0 Å². The van der Waals surface area contributed by atoms with Crippen molar-refractivity contribution in [3.63, 3.8) is 0 Å². The molecule has 3 rings (SSSR count). The zero-order valence-corrected chi connectivity index (χ0v) is 10.4. The topological polar surface area (TPSA) is 48.9 Å². The molecule has 3 aromatic rings. The van der Waals surface area contributed by atoms with Crippen LogP contribution in [0.2, 0.25) is 0 Å². The number of aromatic amines is 1. The number of thioether (sulfide) groups is 1. The average Bonchev–Trinajstić information content (AvgIpc) is 2.81. The highest BCUT2D eigenvalue weighted by molar-refractivity contribution is 7.98. The maximum atomic E-state index is 9.21.